The Bertz CT molecular complexity index is 341. The van der Waals surface area contributed by atoms with Crippen LogP contribution < -0.4 is 15.1 Å². The predicted molar refractivity (Wildman–Crippen MR) is 130 cm³/mol. The van der Waals surface area contributed by atoms with Crippen molar-refractivity contribution in [1.82, 2.24) is 0 Å². The second-order valence-electron chi connectivity index (χ2n) is 8.86. The van der Waals surface area contributed by atoms with Crippen LogP contribution in [0.15, 0.2) is 0 Å². The Kier molecular flexibility index (Phi) is 30.1. The molecule has 0 aromatic heterocycles. The molecule has 0 aliphatic rings. The largest absolute Gasteiger partial charge is 0.790 e. The third-order valence-electron chi connectivity index (χ3n) is 5.75. The highest BCUT2D eigenvalue weighted by Crippen LogP contribution is 2.21. The summed E-state index contributed by atoms with van der Waals surface area (Å²) in [6.07, 6.45) is 29.1. The zero-order chi connectivity index (χ0) is 23.5. The van der Waals surface area contributed by atoms with E-state index in [0.29, 0.717) is 0 Å². The van der Waals surface area contributed by atoms with E-state index in [2.05, 4.69) is 23.7 Å². The summed E-state index contributed by atoms with van der Waals surface area (Å²) < 4.78 is 12.6. The molecule has 0 amide bonds. The molecule has 0 saturated heterocycles. The van der Waals surface area contributed by atoms with Crippen molar-refractivity contribution >= 4 is 7.82 Å². The van der Waals surface area contributed by atoms with Crippen molar-refractivity contribution in [2.24, 2.45) is 0 Å². The molecule has 0 bridgehead atoms. The maximum atomic E-state index is 9.25. The standard InChI is InChI=1S/C24H51N.CH5O4P/c1-3-5-7-9-11-13-15-17-19-21-23-25-24-22-20-18-16-14-12-10-8-6-4-2;1-5-6(2,3)4/h25H,3-24H2,1-2H3;1H3,(H2,2,3,4)/p-1. The topological polar surface area (TPSA) is 89.0 Å². The normalized spacial score (nSPS) is 11.4. The Labute approximate surface area is 194 Å². The minimum Gasteiger partial charge on any atom is -0.790 e. The molecular weight excluding hydrogens is 409 g/mol. The first-order valence-electron chi connectivity index (χ1n) is 13.4. The molecule has 0 aromatic carbocycles. The second kappa shape index (κ2) is 28.1. The van der Waals surface area contributed by atoms with Crippen LogP contribution in [0.3, 0.4) is 0 Å². The fourth-order valence-corrected chi connectivity index (χ4v) is 3.70. The van der Waals surface area contributed by atoms with Crippen LogP contribution in [-0.4, -0.2) is 20.2 Å². The summed E-state index contributed by atoms with van der Waals surface area (Å²) >= 11 is 0. The molecule has 0 heterocycles. The SMILES string of the molecule is CCCCCCCCCCCC[NH2+]CCCCCCCCCCCC.COP(=O)([O-])[O-]. The van der Waals surface area contributed by atoms with Crippen molar-refractivity contribution in [1.29, 1.82) is 0 Å². The van der Waals surface area contributed by atoms with Crippen LogP contribution in [0.2, 0.25) is 0 Å². The first kappa shape index (κ1) is 33.2. The minimum absolute atomic E-state index is 0.820. The molecule has 6 heteroatoms. The third kappa shape index (κ3) is 37.7. The molecule has 0 aliphatic carbocycles. The van der Waals surface area contributed by atoms with E-state index in [-0.39, 0.29) is 0 Å². The van der Waals surface area contributed by atoms with Crippen molar-refractivity contribution in [2.45, 2.75) is 142 Å². The fourth-order valence-electron chi connectivity index (χ4n) is 3.70. The molecule has 5 nitrogen and oxygen atoms in total. The van der Waals surface area contributed by atoms with Gasteiger partial charge in [0.2, 0.25) is 0 Å². The highest BCUT2D eigenvalue weighted by molar-refractivity contribution is 7.43. The van der Waals surface area contributed by atoms with Gasteiger partial charge in [-0.3, -0.25) is 0 Å². The average molecular weight is 465 g/mol. The predicted octanol–water partition coefficient (Wildman–Crippen LogP) is 5.85. The van der Waals surface area contributed by atoms with E-state index in [1.165, 1.54) is 142 Å². The average Bonchev–Trinajstić information content (AvgIpc) is 2.75. The van der Waals surface area contributed by atoms with E-state index in [4.69, 9.17) is 0 Å². The highest BCUT2D eigenvalue weighted by atomic mass is 31.2. The van der Waals surface area contributed by atoms with Gasteiger partial charge in [-0.05, 0) is 25.7 Å². The maximum Gasteiger partial charge on any atom is 0.0755 e. The molecule has 31 heavy (non-hydrogen) atoms. The monoisotopic (exact) mass is 464 g/mol. The smallest absolute Gasteiger partial charge is 0.0755 e. The van der Waals surface area contributed by atoms with Gasteiger partial charge in [-0.1, -0.05) is 117 Å². The van der Waals surface area contributed by atoms with Crippen LogP contribution in [0.25, 0.3) is 0 Å². The molecule has 0 aliphatic heterocycles. The van der Waals surface area contributed by atoms with E-state index < -0.39 is 7.82 Å². The number of rotatable bonds is 23. The van der Waals surface area contributed by atoms with Crippen molar-refractivity contribution in [3.05, 3.63) is 0 Å². The summed E-state index contributed by atoms with van der Waals surface area (Å²) in [5.74, 6) is 0. The first-order valence-corrected chi connectivity index (χ1v) is 14.8. The lowest BCUT2D eigenvalue weighted by Crippen LogP contribution is -2.84. The summed E-state index contributed by atoms with van der Waals surface area (Å²) in [5, 5.41) is 2.56. The summed E-state index contributed by atoms with van der Waals surface area (Å²) in [6, 6.07) is 0. The molecule has 0 fully saturated rings. The number of nitrogens with two attached hydrogens (primary N) is 1. The van der Waals surface area contributed by atoms with Gasteiger partial charge in [-0.25, -0.2) is 0 Å². The molecule has 0 atom stereocenters. The molecule has 0 spiro atoms. The van der Waals surface area contributed by atoms with Crippen LogP contribution >= 0.6 is 7.82 Å². The molecular formula is C25H55NO4P-. The van der Waals surface area contributed by atoms with E-state index >= 15 is 0 Å². The fraction of sp³-hybridized carbons (Fsp3) is 1.00. The Morgan fingerprint density at radius 2 is 0.774 bits per heavy atom. The number of quaternary nitrogens is 1. The van der Waals surface area contributed by atoms with Crippen molar-refractivity contribution < 1.29 is 24.2 Å². The van der Waals surface area contributed by atoms with E-state index in [9.17, 15) is 14.4 Å². The van der Waals surface area contributed by atoms with Gasteiger partial charge in [-0.2, -0.15) is 0 Å². The van der Waals surface area contributed by atoms with E-state index in [1.54, 1.807) is 0 Å². The summed E-state index contributed by atoms with van der Waals surface area (Å²) in [4.78, 5) is 18.5. The molecule has 0 unspecified atom stereocenters. The summed E-state index contributed by atoms with van der Waals surface area (Å²) in [6.45, 7) is 7.34. The molecule has 190 valence electrons. The van der Waals surface area contributed by atoms with E-state index in [0.717, 1.165) is 7.11 Å². The van der Waals surface area contributed by atoms with Crippen LogP contribution in [0.5, 0.6) is 0 Å². The lowest BCUT2D eigenvalue weighted by Gasteiger charge is -2.25. The Morgan fingerprint density at radius 3 is 1.00 bits per heavy atom. The number of unbranched alkanes of at least 4 members (excludes halogenated alkanes) is 18. The second-order valence-corrected chi connectivity index (χ2v) is 10.1. The number of hydrogen-bond acceptors (Lipinski definition) is 4. The van der Waals surface area contributed by atoms with Gasteiger partial charge in [0.25, 0.3) is 0 Å². The van der Waals surface area contributed by atoms with Crippen molar-refractivity contribution in [3.63, 3.8) is 0 Å². The van der Waals surface area contributed by atoms with Gasteiger partial charge in [0.15, 0.2) is 0 Å². The van der Waals surface area contributed by atoms with Gasteiger partial charge in [0.1, 0.15) is 0 Å². The molecule has 0 aromatic rings. The van der Waals surface area contributed by atoms with Crippen molar-refractivity contribution in [2.75, 3.05) is 20.2 Å². The van der Waals surface area contributed by atoms with Crippen LogP contribution in [0, 0.1) is 0 Å². The lowest BCUT2D eigenvalue weighted by molar-refractivity contribution is -0.655. The first-order chi connectivity index (χ1) is 15.0. The van der Waals surface area contributed by atoms with Gasteiger partial charge < -0.3 is 24.2 Å². The quantitative estimate of drug-likeness (QED) is 0.152. The van der Waals surface area contributed by atoms with Crippen LogP contribution in [0.4, 0.5) is 0 Å². The van der Waals surface area contributed by atoms with Gasteiger partial charge in [0.05, 0.1) is 20.9 Å². The maximum absolute atomic E-state index is 9.25. The van der Waals surface area contributed by atoms with Crippen LogP contribution in [0.1, 0.15) is 142 Å². The zero-order valence-electron chi connectivity index (χ0n) is 21.2. The van der Waals surface area contributed by atoms with Crippen LogP contribution in [-0.2, 0) is 9.09 Å². The Hall–Kier alpha value is 0.0700. The van der Waals surface area contributed by atoms with Crippen molar-refractivity contribution in [3.8, 4) is 0 Å². The third-order valence-corrected chi connectivity index (χ3v) is 6.19. The number of phosphoric acid groups is 1. The number of hydrogen-bond donors (Lipinski definition) is 1. The minimum atomic E-state index is -4.65. The van der Waals surface area contributed by atoms with Gasteiger partial charge in [-0.15, -0.1) is 0 Å². The van der Waals surface area contributed by atoms with Gasteiger partial charge in [0, 0.05) is 7.11 Å². The summed E-state index contributed by atoms with van der Waals surface area (Å²) in [7, 11) is -3.83. The molecule has 0 rings (SSSR count). The summed E-state index contributed by atoms with van der Waals surface area (Å²) in [5.41, 5.74) is 0. The van der Waals surface area contributed by atoms with E-state index in [1.807, 2.05) is 0 Å². The number of phosphoric ester groups is 1. The highest BCUT2D eigenvalue weighted by Gasteiger charge is 1.96. The molecule has 2 N–H and O–H groups in total. The molecule has 0 saturated carbocycles. The molecule has 0 radical (unpaired) electrons. The Balaban J connectivity index is 0. The van der Waals surface area contributed by atoms with Gasteiger partial charge >= 0.3 is 0 Å². The Morgan fingerprint density at radius 1 is 0.548 bits per heavy atom. The lowest BCUT2D eigenvalue weighted by atomic mass is 10.1. The zero-order valence-corrected chi connectivity index (χ0v) is 22.1.